The van der Waals surface area contributed by atoms with Crippen molar-refractivity contribution < 1.29 is 42.2 Å². The lowest BCUT2D eigenvalue weighted by Crippen LogP contribution is -2.52. The third-order valence-electron chi connectivity index (χ3n) is 13.9. The second-order valence-electron chi connectivity index (χ2n) is 18.3. The molecular formula is C48H54F2N8O7. The minimum absolute atomic E-state index is 0.0560. The first kappa shape index (κ1) is 43.9. The van der Waals surface area contributed by atoms with Crippen LogP contribution in [-0.2, 0) is 23.8 Å². The molecule has 65 heavy (non-hydrogen) atoms. The average Bonchev–Trinajstić information content (AvgIpc) is 3.94. The number of alkyl halides is 2. The highest BCUT2D eigenvalue weighted by Crippen LogP contribution is 2.58. The van der Waals surface area contributed by atoms with Crippen molar-refractivity contribution in [3.63, 3.8) is 0 Å². The van der Waals surface area contributed by atoms with Gasteiger partial charge in [-0.15, -0.1) is 0 Å². The number of piperidine rings is 1. The number of methoxy groups -OCH3 is 2. The van der Waals surface area contributed by atoms with Gasteiger partial charge in [0.2, 0.25) is 11.8 Å². The minimum Gasteiger partial charge on any atom is -0.453 e. The van der Waals surface area contributed by atoms with E-state index >= 15 is 0 Å². The molecule has 4 heterocycles. The third kappa shape index (κ3) is 8.89. The first-order valence-corrected chi connectivity index (χ1v) is 22.3. The average molecular weight is 893 g/mol. The number of fused-ring (bicyclic) bond motifs is 3. The minimum atomic E-state index is -2.99. The Hall–Kier alpha value is -6.36. The molecule has 17 heteroatoms. The molecule has 6 unspecified atom stereocenters. The Morgan fingerprint density at radius 3 is 2.09 bits per heavy atom. The molecule has 2 bridgehead atoms. The monoisotopic (exact) mass is 892 g/mol. The summed E-state index contributed by atoms with van der Waals surface area (Å²) in [6.45, 7) is 1.07. The van der Waals surface area contributed by atoms with Gasteiger partial charge in [-0.2, -0.15) is 8.78 Å². The predicted molar refractivity (Wildman–Crippen MR) is 236 cm³/mol. The van der Waals surface area contributed by atoms with Crippen molar-refractivity contribution in [2.24, 2.45) is 17.3 Å². The Morgan fingerprint density at radius 1 is 0.800 bits per heavy atom. The number of aromatic amines is 2. The molecule has 5 aromatic rings. The van der Waals surface area contributed by atoms with Gasteiger partial charge in [0, 0.05) is 24.6 Å². The molecule has 9 rings (SSSR count). The summed E-state index contributed by atoms with van der Waals surface area (Å²) in [5, 5.41) is 7.39. The molecule has 4 fully saturated rings. The van der Waals surface area contributed by atoms with E-state index in [1.807, 2.05) is 37.1 Å². The fourth-order valence-corrected chi connectivity index (χ4v) is 10.2. The number of H-pyrrole nitrogens is 2. The number of hydrogen-bond donors (Lipinski definition) is 4. The number of aromatic nitrogens is 4. The molecule has 2 saturated heterocycles. The van der Waals surface area contributed by atoms with Crippen LogP contribution >= 0.6 is 0 Å². The normalized spacial score (nSPS) is 21.6. The number of ether oxygens (including phenoxy) is 3. The zero-order valence-corrected chi connectivity index (χ0v) is 36.8. The maximum atomic E-state index is 14.0. The summed E-state index contributed by atoms with van der Waals surface area (Å²) < 4.78 is 39.5. The Morgan fingerprint density at radius 2 is 1.42 bits per heavy atom. The maximum absolute atomic E-state index is 14.0. The van der Waals surface area contributed by atoms with Crippen LogP contribution in [0.5, 0.6) is 0 Å². The summed E-state index contributed by atoms with van der Waals surface area (Å²) in [7, 11) is 2.47. The van der Waals surface area contributed by atoms with E-state index in [0.717, 1.165) is 88.8 Å². The highest BCUT2D eigenvalue weighted by molar-refractivity contribution is 5.91. The Kier molecular flexibility index (Phi) is 12.1. The summed E-state index contributed by atoms with van der Waals surface area (Å²) in [5.41, 5.74) is 5.74. The summed E-state index contributed by atoms with van der Waals surface area (Å²) in [4.78, 5) is 72.3. The molecule has 4 aliphatic rings. The zero-order chi connectivity index (χ0) is 45.6. The van der Waals surface area contributed by atoms with E-state index in [0.29, 0.717) is 12.4 Å². The predicted octanol–water partition coefficient (Wildman–Crippen LogP) is 8.13. The van der Waals surface area contributed by atoms with Crippen molar-refractivity contribution in [1.29, 1.82) is 0 Å². The van der Waals surface area contributed by atoms with Gasteiger partial charge in [-0.05, 0) is 95.4 Å². The van der Waals surface area contributed by atoms with Gasteiger partial charge in [0.05, 0.1) is 56.7 Å². The van der Waals surface area contributed by atoms with Crippen LogP contribution in [0, 0.1) is 17.3 Å². The second kappa shape index (κ2) is 17.9. The molecule has 6 atom stereocenters. The van der Waals surface area contributed by atoms with Crippen LogP contribution in [0.2, 0.25) is 0 Å². The highest BCUT2D eigenvalue weighted by atomic mass is 19.3. The third-order valence-corrected chi connectivity index (χ3v) is 13.9. The first-order valence-electron chi connectivity index (χ1n) is 22.3. The number of nitrogens with one attached hydrogen (secondary N) is 4. The quantitative estimate of drug-likeness (QED) is 0.0855. The lowest BCUT2D eigenvalue weighted by Gasteiger charge is -2.36. The van der Waals surface area contributed by atoms with Gasteiger partial charge in [0.15, 0.2) is 0 Å². The van der Waals surface area contributed by atoms with Gasteiger partial charge >= 0.3 is 18.8 Å². The van der Waals surface area contributed by atoms with Crippen LogP contribution in [0.4, 0.5) is 18.4 Å². The Bertz CT molecular complexity index is 2570. The maximum Gasteiger partial charge on any atom is 0.407 e. The van der Waals surface area contributed by atoms with Crippen LogP contribution in [0.3, 0.4) is 0 Å². The highest BCUT2D eigenvalue weighted by Gasteiger charge is 2.55. The van der Waals surface area contributed by atoms with Gasteiger partial charge < -0.3 is 44.6 Å². The number of alkyl carbamates (subject to hydrolysis) is 2. The van der Waals surface area contributed by atoms with E-state index in [1.165, 1.54) is 14.2 Å². The van der Waals surface area contributed by atoms with E-state index in [2.05, 4.69) is 73.9 Å². The van der Waals surface area contributed by atoms with Crippen LogP contribution in [0.15, 0.2) is 73.1 Å². The lowest BCUT2D eigenvalue weighted by atomic mass is 9.97. The number of rotatable bonds is 14. The van der Waals surface area contributed by atoms with Crippen LogP contribution in [-0.4, -0.2) is 106 Å². The van der Waals surface area contributed by atoms with Crippen molar-refractivity contribution >= 4 is 34.8 Å². The number of hydrogen-bond acceptors (Lipinski definition) is 9. The van der Waals surface area contributed by atoms with E-state index < -0.39 is 37.5 Å². The summed E-state index contributed by atoms with van der Waals surface area (Å²) in [5.74, 6) is 0.915. The smallest absolute Gasteiger partial charge is 0.407 e. The number of carbonyl (C=O) groups excluding carboxylic acids is 4. The molecule has 3 aromatic carbocycles. The van der Waals surface area contributed by atoms with Crippen molar-refractivity contribution in [3.8, 4) is 33.6 Å². The van der Waals surface area contributed by atoms with Crippen molar-refractivity contribution in [2.75, 3.05) is 27.4 Å². The van der Waals surface area contributed by atoms with E-state index in [1.54, 1.807) is 11.1 Å². The number of benzene rings is 3. The fraction of sp³-hybridized carbons (Fsp3) is 0.458. The molecule has 2 aliphatic heterocycles. The number of imidazole rings is 2. The second-order valence-corrected chi connectivity index (χ2v) is 18.3. The van der Waals surface area contributed by atoms with Gasteiger partial charge in [-0.25, -0.2) is 19.6 Å². The molecule has 4 N–H and O–H groups in total. The summed E-state index contributed by atoms with van der Waals surface area (Å²) in [6.07, 6.45) is 7.49. The first-order chi connectivity index (χ1) is 31.3. The van der Waals surface area contributed by atoms with Gasteiger partial charge in [0.1, 0.15) is 23.7 Å². The van der Waals surface area contributed by atoms with Crippen LogP contribution in [0.25, 0.3) is 44.4 Å². The number of halogens is 2. The molecule has 15 nitrogen and oxygen atoms in total. The van der Waals surface area contributed by atoms with Crippen molar-refractivity contribution in [3.05, 3.63) is 84.7 Å². The van der Waals surface area contributed by atoms with E-state index in [9.17, 15) is 28.0 Å². The molecule has 1 spiro atoms. The van der Waals surface area contributed by atoms with Crippen LogP contribution in [0.1, 0.15) is 82.5 Å². The van der Waals surface area contributed by atoms with E-state index in [-0.39, 0.29) is 53.6 Å². The molecule has 2 saturated carbocycles. The van der Waals surface area contributed by atoms with Crippen LogP contribution < -0.4 is 10.6 Å². The van der Waals surface area contributed by atoms with Gasteiger partial charge in [-0.3, -0.25) is 9.59 Å². The molecule has 0 radical (unpaired) electrons. The fourth-order valence-electron chi connectivity index (χ4n) is 10.2. The standard InChI is InChI=1S/C48H54F2N8O7/c1-26(2)39(56-47(62)64-4)44(60)57-25-48(16-17-48)22-38(57)41-51-24-37(53-41)32-12-11-30-19-29(9-10-31(30)20-32)27-5-7-28(8-6-27)36-23-52-42(54-36)40-33-13-14-34(21-33)58(40)43(59)35(55-46(61)63-3)15-18-65-45(49)50/h5-12,19-20,23-24,26,33-35,38-40,45H,13-18,21-22,25H2,1-4H3,(H,51,53)(H,52,54)(H,55,61)(H,56,62). The Balaban J connectivity index is 0.883. The van der Waals surface area contributed by atoms with Crippen molar-refractivity contribution in [1.82, 2.24) is 40.4 Å². The number of likely N-dealkylation sites (tertiary alicyclic amines) is 2. The zero-order valence-electron chi connectivity index (χ0n) is 36.8. The largest absolute Gasteiger partial charge is 0.453 e. The Labute approximate surface area is 375 Å². The molecular weight excluding hydrogens is 839 g/mol. The SMILES string of the molecule is COC(=O)NC(CCOC(F)F)C(=O)N1C2CCC(C2)C1c1ncc(-c2ccc(-c3ccc4cc(-c5cnc(C6CC7(CC7)CN6C(=O)C(NC(=O)OC)C(C)C)[nH]5)ccc4c3)cc2)[nH]1. The summed E-state index contributed by atoms with van der Waals surface area (Å²) in [6, 6.07) is 18.4. The molecule has 342 valence electrons. The number of amides is 4. The molecule has 2 aliphatic carbocycles. The summed E-state index contributed by atoms with van der Waals surface area (Å²) >= 11 is 0. The number of carbonyl (C=O) groups is 4. The topological polar surface area (TPSA) is 184 Å². The van der Waals surface area contributed by atoms with Crippen molar-refractivity contribution in [2.45, 2.75) is 95.6 Å². The molecule has 4 amide bonds. The van der Waals surface area contributed by atoms with Gasteiger partial charge in [0.25, 0.3) is 0 Å². The number of nitrogens with zero attached hydrogens (tertiary/aromatic N) is 4. The molecule has 2 aromatic heterocycles. The lowest BCUT2D eigenvalue weighted by molar-refractivity contribution is -0.144. The van der Waals surface area contributed by atoms with Gasteiger partial charge in [-0.1, -0.05) is 62.4 Å². The van der Waals surface area contributed by atoms with E-state index in [4.69, 9.17) is 19.4 Å².